The molecule has 2 nitrogen and oxygen atoms in total. The van der Waals surface area contributed by atoms with Crippen LogP contribution < -0.4 is 10.5 Å². The maximum atomic E-state index is 12.1. The number of nitrogens with two attached hydrogens (primary N) is 1. The number of hydrogen-bond donors (Lipinski definition) is 1. The van der Waals surface area contributed by atoms with Crippen LogP contribution in [0.4, 0.5) is 13.2 Å². The highest BCUT2D eigenvalue weighted by molar-refractivity contribution is 9.10. The molecule has 2 aromatic carbocycles. The van der Waals surface area contributed by atoms with E-state index in [4.69, 9.17) is 5.73 Å². The van der Waals surface area contributed by atoms with Crippen LogP contribution in [0.3, 0.4) is 0 Å². The minimum atomic E-state index is -4.69. The highest BCUT2D eigenvalue weighted by Gasteiger charge is 2.31. The van der Waals surface area contributed by atoms with Crippen molar-refractivity contribution in [2.45, 2.75) is 12.4 Å². The van der Waals surface area contributed by atoms with Crippen LogP contribution in [0, 0.1) is 0 Å². The van der Waals surface area contributed by atoms with Crippen LogP contribution in [-0.2, 0) is 0 Å². The summed E-state index contributed by atoms with van der Waals surface area (Å²) in [7, 11) is 0. The molecule has 7 heteroatoms. The molecular weight excluding hydrogens is 371 g/mol. The highest BCUT2D eigenvalue weighted by Crippen LogP contribution is 2.26. The number of benzene rings is 2. The second kappa shape index (κ2) is 7.15. The summed E-state index contributed by atoms with van der Waals surface area (Å²) in [6.07, 6.45) is -4.69. The third-order valence-corrected chi connectivity index (χ3v) is 3.17. The lowest BCUT2D eigenvalue weighted by Crippen LogP contribution is -2.17. The SMILES string of the molecule is Cl.N[C@@H](c1ccc(OC(F)(F)F)cc1)c1cccc(Br)c1. The molecule has 0 spiro atoms. The zero-order chi connectivity index (χ0) is 14.8. The van der Waals surface area contributed by atoms with Crippen molar-refractivity contribution >= 4 is 28.3 Å². The van der Waals surface area contributed by atoms with Crippen molar-refractivity contribution in [2.75, 3.05) is 0 Å². The Morgan fingerprint density at radius 3 is 2.14 bits per heavy atom. The first-order valence-electron chi connectivity index (χ1n) is 5.72. The molecule has 1 atom stereocenters. The number of ether oxygens (including phenoxy) is 1. The Hall–Kier alpha value is -1.24. The Bertz CT molecular complexity index is 590. The third kappa shape index (κ3) is 5.22. The van der Waals surface area contributed by atoms with Gasteiger partial charge in [0.15, 0.2) is 0 Å². The molecule has 0 fully saturated rings. The molecule has 0 saturated heterocycles. The van der Waals surface area contributed by atoms with Gasteiger partial charge in [-0.1, -0.05) is 40.2 Å². The van der Waals surface area contributed by atoms with Crippen LogP contribution in [0.15, 0.2) is 53.0 Å². The van der Waals surface area contributed by atoms with Gasteiger partial charge in [-0.3, -0.25) is 0 Å². The predicted molar refractivity (Wildman–Crippen MR) is 80.5 cm³/mol. The van der Waals surface area contributed by atoms with Crippen LogP contribution in [0.25, 0.3) is 0 Å². The minimum Gasteiger partial charge on any atom is -0.406 e. The summed E-state index contributed by atoms with van der Waals surface area (Å²) in [4.78, 5) is 0. The average Bonchev–Trinajstić information content (AvgIpc) is 2.37. The Kier molecular flexibility index (Phi) is 6.07. The van der Waals surface area contributed by atoms with Crippen molar-refractivity contribution < 1.29 is 17.9 Å². The zero-order valence-corrected chi connectivity index (χ0v) is 13.0. The molecule has 0 aromatic heterocycles. The zero-order valence-electron chi connectivity index (χ0n) is 10.6. The summed E-state index contributed by atoms with van der Waals surface area (Å²) in [6, 6.07) is 12.6. The first kappa shape index (κ1) is 17.8. The molecule has 0 bridgehead atoms. The van der Waals surface area contributed by atoms with E-state index in [0.29, 0.717) is 5.56 Å². The largest absolute Gasteiger partial charge is 0.573 e. The molecule has 21 heavy (non-hydrogen) atoms. The van der Waals surface area contributed by atoms with E-state index in [2.05, 4.69) is 20.7 Å². The van der Waals surface area contributed by atoms with Gasteiger partial charge < -0.3 is 10.5 Å². The third-order valence-electron chi connectivity index (χ3n) is 2.68. The fourth-order valence-corrected chi connectivity index (χ4v) is 2.19. The van der Waals surface area contributed by atoms with Crippen molar-refractivity contribution in [3.05, 3.63) is 64.1 Å². The quantitative estimate of drug-likeness (QED) is 0.826. The van der Waals surface area contributed by atoms with Gasteiger partial charge in [0, 0.05) is 4.47 Å². The molecule has 0 aliphatic heterocycles. The van der Waals surface area contributed by atoms with Gasteiger partial charge in [0.2, 0.25) is 0 Å². The number of halogens is 5. The summed E-state index contributed by atoms with van der Waals surface area (Å²) < 4.78 is 40.9. The van der Waals surface area contributed by atoms with Gasteiger partial charge in [-0.15, -0.1) is 25.6 Å². The van der Waals surface area contributed by atoms with Gasteiger partial charge in [0.05, 0.1) is 6.04 Å². The molecule has 0 saturated carbocycles. The maximum Gasteiger partial charge on any atom is 0.573 e. The number of rotatable bonds is 3. The lowest BCUT2D eigenvalue weighted by molar-refractivity contribution is -0.274. The van der Waals surface area contributed by atoms with Crippen molar-refractivity contribution in [3.8, 4) is 5.75 Å². The van der Waals surface area contributed by atoms with E-state index in [0.717, 1.165) is 10.0 Å². The lowest BCUT2D eigenvalue weighted by Gasteiger charge is -2.14. The predicted octanol–water partition coefficient (Wildman–Crippen LogP) is 4.82. The van der Waals surface area contributed by atoms with Gasteiger partial charge >= 0.3 is 6.36 Å². The van der Waals surface area contributed by atoms with Crippen LogP contribution in [-0.4, -0.2) is 6.36 Å². The highest BCUT2D eigenvalue weighted by atomic mass is 79.9. The molecule has 0 radical (unpaired) electrons. The molecule has 0 amide bonds. The number of hydrogen-bond acceptors (Lipinski definition) is 2. The van der Waals surface area contributed by atoms with E-state index in [9.17, 15) is 13.2 Å². The monoisotopic (exact) mass is 381 g/mol. The average molecular weight is 383 g/mol. The van der Waals surface area contributed by atoms with Gasteiger partial charge in [-0.05, 0) is 35.4 Å². The van der Waals surface area contributed by atoms with E-state index in [1.54, 1.807) is 0 Å². The Morgan fingerprint density at radius 1 is 1.00 bits per heavy atom. The maximum absolute atomic E-state index is 12.1. The van der Waals surface area contributed by atoms with Gasteiger partial charge in [-0.2, -0.15) is 0 Å². The van der Waals surface area contributed by atoms with Crippen molar-refractivity contribution in [1.29, 1.82) is 0 Å². The van der Waals surface area contributed by atoms with Crippen LogP contribution in [0.2, 0.25) is 0 Å². The molecule has 0 heterocycles. The Morgan fingerprint density at radius 2 is 1.62 bits per heavy atom. The molecule has 2 N–H and O–H groups in total. The molecule has 2 aromatic rings. The standard InChI is InChI=1S/C14H11BrF3NO.ClH/c15-11-3-1-2-10(8-11)13(19)9-4-6-12(7-5-9)20-14(16,17)18;/h1-8,13H,19H2;1H/t13-;/m0./s1. The summed E-state index contributed by atoms with van der Waals surface area (Å²) in [6.45, 7) is 0. The first-order valence-corrected chi connectivity index (χ1v) is 6.51. The molecule has 114 valence electrons. The second-order valence-electron chi connectivity index (χ2n) is 4.15. The molecule has 0 unspecified atom stereocenters. The van der Waals surface area contributed by atoms with E-state index in [1.807, 2.05) is 24.3 Å². The summed E-state index contributed by atoms with van der Waals surface area (Å²) in [5, 5.41) is 0. The van der Waals surface area contributed by atoms with Crippen molar-refractivity contribution in [2.24, 2.45) is 5.73 Å². The van der Waals surface area contributed by atoms with Gasteiger partial charge in [-0.25, -0.2) is 0 Å². The topological polar surface area (TPSA) is 35.2 Å². The molecule has 2 rings (SSSR count). The lowest BCUT2D eigenvalue weighted by atomic mass is 10.00. The van der Waals surface area contributed by atoms with E-state index in [1.165, 1.54) is 24.3 Å². The Labute approximate surface area is 134 Å². The first-order chi connectivity index (χ1) is 9.35. The summed E-state index contributed by atoms with van der Waals surface area (Å²) in [5.74, 6) is -0.261. The van der Waals surface area contributed by atoms with Gasteiger partial charge in [0.25, 0.3) is 0 Å². The van der Waals surface area contributed by atoms with E-state index >= 15 is 0 Å². The van der Waals surface area contributed by atoms with Crippen molar-refractivity contribution in [3.63, 3.8) is 0 Å². The summed E-state index contributed by atoms with van der Waals surface area (Å²) in [5.41, 5.74) is 7.65. The van der Waals surface area contributed by atoms with Crippen LogP contribution >= 0.6 is 28.3 Å². The van der Waals surface area contributed by atoms with E-state index < -0.39 is 12.4 Å². The molecule has 0 aliphatic carbocycles. The Balaban J connectivity index is 0.00000220. The molecule has 0 aliphatic rings. The second-order valence-corrected chi connectivity index (χ2v) is 5.07. The number of alkyl halides is 3. The smallest absolute Gasteiger partial charge is 0.406 e. The van der Waals surface area contributed by atoms with Gasteiger partial charge in [0.1, 0.15) is 5.75 Å². The fraction of sp³-hybridized carbons (Fsp3) is 0.143. The van der Waals surface area contributed by atoms with E-state index in [-0.39, 0.29) is 18.2 Å². The fourth-order valence-electron chi connectivity index (χ4n) is 1.77. The minimum absolute atomic E-state index is 0. The summed E-state index contributed by atoms with van der Waals surface area (Å²) >= 11 is 3.35. The molecular formula is C14H12BrClF3NO. The van der Waals surface area contributed by atoms with Crippen LogP contribution in [0.1, 0.15) is 17.2 Å². The van der Waals surface area contributed by atoms with Crippen molar-refractivity contribution in [1.82, 2.24) is 0 Å². The van der Waals surface area contributed by atoms with Crippen LogP contribution in [0.5, 0.6) is 5.75 Å². The normalized spacial score (nSPS) is 12.4.